The van der Waals surface area contributed by atoms with Gasteiger partial charge in [0.2, 0.25) is 0 Å². The number of nitrogens with one attached hydrogen (secondary N) is 2. The lowest BCUT2D eigenvalue weighted by Crippen LogP contribution is -2.12. The second-order valence-electron chi connectivity index (χ2n) is 6.33. The van der Waals surface area contributed by atoms with E-state index < -0.39 is 0 Å². The van der Waals surface area contributed by atoms with Crippen LogP contribution in [0.15, 0.2) is 70.0 Å². The predicted octanol–water partition coefficient (Wildman–Crippen LogP) is 6.45. The number of ether oxygens (including phenoxy) is 1. The number of hydrogen-bond donors (Lipinski definition) is 2. The molecule has 3 aromatic carbocycles. The molecule has 3 rings (SSSR count). The number of benzene rings is 3. The molecule has 0 spiro atoms. The number of amides is 1. The predicted molar refractivity (Wildman–Crippen MR) is 120 cm³/mol. The molecule has 0 unspecified atom stereocenters. The highest BCUT2D eigenvalue weighted by Gasteiger charge is 2.12. The van der Waals surface area contributed by atoms with E-state index in [0.29, 0.717) is 21.5 Å². The number of aryl methyl sites for hydroxylation is 2. The standard InChI is InChI=1S/C22H21BrN2O2S/c1-14-7-9-19(11-15(14)2)28-25-17-6-4-5-16(12-17)24-22(26)20-13-18(27-3)8-10-21(20)23/h4-13,25H,1-3H3,(H,24,26). The molecule has 0 aromatic heterocycles. The molecule has 0 aliphatic carbocycles. The maximum absolute atomic E-state index is 12.6. The summed E-state index contributed by atoms with van der Waals surface area (Å²) in [4.78, 5) is 13.8. The zero-order valence-electron chi connectivity index (χ0n) is 15.9. The molecule has 0 aliphatic heterocycles. The average molecular weight is 457 g/mol. The van der Waals surface area contributed by atoms with Crippen molar-refractivity contribution in [3.8, 4) is 5.75 Å². The Bertz CT molecular complexity index is 1010. The molecule has 28 heavy (non-hydrogen) atoms. The first-order chi connectivity index (χ1) is 13.5. The number of rotatable bonds is 6. The highest BCUT2D eigenvalue weighted by molar-refractivity contribution is 9.10. The van der Waals surface area contributed by atoms with Gasteiger partial charge in [-0.05, 0) is 101 Å². The summed E-state index contributed by atoms with van der Waals surface area (Å²) in [6.07, 6.45) is 0. The van der Waals surface area contributed by atoms with Crippen molar-refractivity contribution >= 4 is 45.2 Å². The van der Waals surface area contributed by atoms with E-state index >= 15 is 0 Å². The molecule has 3 aromatic rings. The summed E-state index contributed by atoms with van der Waals surface area (Å²) in [5, 5.41) is 2.93. The average Bonchev–Trinajstić information content (AvgIpc) is 2.69. The van der Waals surface area contributed by atoms with Gasteiger partial charge in [-0.1, -0.05) is 12.1 Å². The van der Waals surface area contributed by atoms with Crippen LogP contribution in [0.2, 0.25) is 0 Å². The maximum atomic E-state index is 12.6. The van der Waals surface area contributed by atoms with Crippen LogP contribution in [-0.4, -0.2) is 13.0 Å². The second kappa shape index (κ2) is 9.17. The molecular weight excluding hydrogens is 436 g/mol. The Morgan fingerprint density at radius 2 is 1.75 bits per heavy atom. The van der Waals surface area contributed by atoms with Gasteiger partial charge < -0.3 is 14.8 Å². The topological polar surface area (TPSA) is 50.4 Å². The number of carbonyl (C=O) groups is 1. The summed E-state index contributed by atoms with van der Waals surface area (Å²) in [7, 11) is 1.58. The smallest absolute Gasteiger partial charge is 0.256 e. The monoisotopic (exact) mass is 456 g/mol. The fourth-order valence-corrected chi connectivity index (χ4v) is 3.72. The van der Waals surface area contributed by atoms with Crippen LogP contribution < -0.4 is 14.8 Å². The lowest BCUT2D eigenvalue weighted by molar-refractivity contribution is 0.102. The van der Waals surface area contributed by atoms with Crippen molar-refractivity contribution in [3.63, 3.8) is 0 Å². The van der Waals surface area contributed by atoms with E-state index in [1.807, 2.05) is 24.3 Å². The Morgan fingerprint density at radius 1 is 0.964 bits per heavy atom. The number of hydrogen-bond acceptors (Lipinski definition) is 4. The van der Waals surface area contributed by atoms with Gasteiger partial charge in [-0.15, -0.1) is 0 Å². The summed E-state index contributed by atoms with van der Waals surface area (Å²) >= 11 is 4.96. The normalized spacial score (nSPS) is 10.4. The summed E-state index contributed by atoms with van der Waals surface area (Å²) in [6.45, 7) is 4.20. The van der Waals surface area contributed by atoms with Gasteiger partial charge >= 0.3 is 0 Å². The Kier molecular flexibility index (Phi) is 6.65. The Morgan fingerprint density at radius 3 is 2.50 bits per heavy atom. The molecule has 1 amide bonds. The van der Waals surface area contributed by atoms with Crippen LogP contribution in [-0.2, 0) is 0 Å². The van der Waals surface area contributed by atoms with Crippen molar-refractivity contribution in [3.05, 3.63) is 81.8 Å². The van der Waals surface area contributed by atoms with Gasteiger partial charge in [0.25, 0.3) is 5.91 Å². The summed E-state index contributed by atoms with van der Waals surface area (Å²) in [5.41, 5.74) is 4.67. The van der Waals surface area contributed by atoms with Gasteiger partial charge in [0.15, 0.2) is 0 Å². The molecule has 0 bridgehead atoms. The van der Waals surface area contributed by atoms with Crippen molar-refractivity contribution in [2.75, 3.05) is 17.1 Å². The quantitative estimate of drug-likeness (QED) is 0.418. The van der Waals surface area contributed by atoms with Crippen LogP contribution in [0.25, 0.3) is 0 Å². The van der Waals surface area contributed by atoms with Gasteiger partial charge in [0, 0.05) is 20.7 Å². The zero-order valence-corrected chi connectivity index (χ0v) is 18.3. The molecule has 6 heteroatoms. The molecule has 0 heterocycles. The number of methoxy groups -OCH3 is 1. The van der Waals surface area contributed by atoms with E-state index in [-0.39, 0.29) is 5.91 Å². The van der Waals surface area contributed by atoms with Crippen molar-refractivity contribution in [1.82, 2.24) is 0 Å². The molecule has 4 nitrogen and oxygen atoms in total. The van der Waals surface area contributed by atoms with Crippen LogP contribution in [0.3, 0.4) is 0 Å². The van der Waals surface area contributed by atoms with E-state index in [1.54, 1.807) is 37.3 Å². The highest BCUT2D eigenvalue weighted by Crippen LogP contribution is 2.26. The first-order valence-electron chi connectivity index (χ1n) is 8.71. The SMILES string of the molecule is COc1ccc(Br)c(C(=O)Nc2cccc(NSc3ccc(C)c(C)c3)c2)c1. The minimum atomic E-state index is -0.204. The molecule has 0 saturated carbocycles. The van der Waals surface area contributed by atoms with E-state index in [0.717, 1.165) is 10.6 Å². The lowest BCUT2D eigenvalue weighted by Gasteiger charge is -2.11. The van der Waals surface area contributed by atoms with E-state index in [9.17, 15) is 4.79 Å². The molecule has 0 aliphatic rings. The highest BCUT2D eigenvalue weighted by atomic mass is 79.9. The van der Waals surface area contributed by atoms with Gasteiger partial charge in [-0.25, -0.2) is 0 Å². The third-order valence-electron chi connectivity index (χ3n) is 4.30. The summed E-state index contributed by atoms with van der Waals surface area (Å²) in [5.74, 6) is 0.429. The van der Waals surface area contributed by atoms with Crippen LogP contribution in [0.5, 0.6) is 5.75 Å². The minimum Gasteiger partial charge on any atom is -0.497 e. The second-order valence-corrected chi connectivity index (χ2v) is 8.06. The summed E-state index contributed by atoms with van der Waals surface area (Å²) in [6, 6.07) is 19.3. The van der Waals surface area contributed by atoms with Gasteiger partial charge in [0.1, 0.15) is 5.75 Å². The fourth-order valence-electron chi connectivity index (χ4n) is 2.56. The first kappa shape index (κ1) is 20.3. The minimum absolute atomic E-state index is 0.204. The zero-order chi connectivity index (χ0) is 20.1. The van der Waals surface area contributed by atoms with Crippen molar-refractivity contribution in [2.24, 2.45) is 0 Å². The molecule has 144 valence electrons. The Hall–Kier alpha value is -2.44. The van der Waals surface area contributed by atoms with Crippen LogP contribution >= 0.6 is 27.9 Å². The maximum Gasteiger partial charge on any atom is 0.256 e. The van der Waals surface area contributed by atoms with Gasteiger partial charge in [-0.2, -0.15) is 0 Å². The number of halogens is 1. The van der Waals surface area contributed by atoms with Crippen molar-refractivity contribution in [1.29, 1.82) is 0 Å². The Labute approximate surface area is 178 Å². The number of carbonyl (C=O) groups excluding carboxylic acids is 1. The van der Waals surface area contributed by atoms with E-state index in [1.165, 1.54) is 11.1 Å². The van der Waals surface area contributed by atoms with E-state index in [2.05, 4.69) is 58.0 Å². The first-order valence-corrected chi connectivity index (χ1v) is 10.3. The third-order valence-corrected chi connectivity index (χ3v) is 5.82. The van der Waals surface area contributed by atoms with Crippen LogP contribution in [0, 0.1) is 13.8 Å². The van der Waals surface area contributed by atoms with Crippen LogP contribution in [0.4, 0.5) is 11.4 Å². The molecule has 0 radical (unpaired) electrons. The molecular formula is C22H21BrN2O2S. The van der Waals surface area contributed by atoms with Gasteiger partial charge in [-0.3, -0.25) is 4.79 Å². The largest absolute Gasteiger partial charge is 0.497 e. The lowest BCUT2D eigenvalue weighted by atomic mass is 10.1. The Balaban J connectivity index is 1.69. The van der Waals surface area contributed by atoms with Gasteiger partial charge in [0.05, 0.1) is 12.7 Å². The molecule has 0 atom stereocenters. The fraction of sp³-hybridized carbons (Fsp3) is 0.136. The molecule has 0 saturated heterocycles. The summed E-state index contributed by atoms with van der Waals surface area (Å²) < 4.78 is 9.25. The van der Waals surface area contributed by atoms with Crippen LogP contribution in [0.1, 0.15) is 21.5 Å². The number of anilines is 2. The third kappa shape index (κ3) is 5.09. The van der Waals surface area contributed by atoms with Crippen molar-refractivity contribution < 1.29 is 9.53 Å². The molecule has 2 N–H and O–H groups in total. The van der Waals surface area contributed by atoms with Crippen molar-refractivity contribution in [2.45, 2.75) is 18.7 Å². The van der Waals surface area contributed by atoms with E-state index in [4.69, 9.17) is 4.74 Å². The molecule has 0 fully saturated rings.